The van der Waals surface area contributed by atoms with Gasteiger partial charge in [0.15, 0.2) is 0 Å². The normalized spacial score (nSPS) is 16.6. The van der Waals surface area contributed by atoms with Gasteiger partial charge in [0.25, 0.3) is 10.1 Å². The van der Waals surface area contributed by atoms with Crippen molar-refractivity contribution in [3.05, 3.63) is 0 Å². The number of rotatable bonds is 5. The highest BCUT2D eigenvalue weighted by atomic mass is 32.2. The molecule has 0 spiro atoms. The average molecular weight is 208 g/mol. The molecule has 0 heterocycles. The summed E-state index contributed by atoms with van der Waals surface area (Å²) in [5, 5.41) is -0.783. The molecule has 0 aromatic carbocycles. The van der Waals surface area contributed by atoms with Gasteiger partial charge >= 0.3 is 0 Å². The van der Waals surface area contributed by atoms with E-state index in [9.17, 15) is 13.2 Å². The maximum absolute atomic E-state index is 10.8. The molecule has 0 bridgehead atoms. The van der Waals surface area contributed by atoms with E-state index >= 15 is 0 Å². The number of Topliss-reactive ketones (excluding diaryl/α,β-unsaturated/α-hetero) is 1. The van der Waals surface area contributed by atoms with Crippen LogP contribution in [0.25, 0.3) is 0 Å². The molecule has 0 aromatic heterocycles. The summed E-state index contributed by atoms with van der Waals surface area (Å²) in [6.45, 7) is 4.66. The molecule has 0 rings (SSSR count). The fraction of sp³-hybridized carbons (Fsp3) is 0.875. The minimum absolute atomic E-state index is 0.0440. The van der Waals surface area contributed by atoms with E-state index in [-0.39, 0.29) is 11.7 Å². The second-order valence-corrected chi connectivity index (χ2v) is 5.25. The minimum atomic E-state index is -3.94. The van der Waals surface area contributed by atoms with Crippen LogP contribution in [0, 0.1) is 5.92 Å². The summed E-state index contributed by atoms with van der Waals surface area (Å²) < 4.78 is 29.8. The van der Waals surface area contributed by atoms with Gasteiger partial charge in [-0.3, -0.25) is 9.35 Å². The van der Waals surface area contributed by atoms with E-state index in [0.29, 0.717) is 12.8 Å². The first-order valence-corrected chi connectivity index (χ1v) is 5.72. The predicted molar refractivity (Wildman–Crippen MR) is 50.1 cm³/mol. The van der Waals surface area contributed by atoms with Crippen molar-refractivity contribution in [2.45, 2.75) is 38.9 Å². The van der Waals surface area contributed by atoms with Gasteiger partial charge in [0.2, 0.25) is 0 Å². The van der Waals surface area contributed by atoms with Crippen LogP contribution in [0.3, 0.4) is 0 Å². The molecule has 13 heavy (non-hydrogen) atoms. The zero-order chi connectivity index (χ0) is 10.6. The van der Waals surface area contributed by atoms with Gasteiger partial charge in [-0.25, -0.2) is 0 Å². The van der Waals surface area contributed by atoms with Crippen LogP contribution in [-0.2, 0) is 14.9 Å². The highest BCUT2D eigenvalue weighted by Crippen LogP contribution is 2.12. The van der Waals surface area contributed by atoms with Crippen molar-refractivity contribution in [3.63, 3.8) is 0 Å². The Kier molecular flexibility index (Phi) is 4.56. The molecule has 2 atom stereocenters. The SMILES string of the molecule is CC(=O)C(C)CCC(C)S(=O)(=O)O. The Balaban J connectivity index is 3.98. The van der Waals surface area contributed by atoms with Crippen molar-refractivity contribution in [2.24, 2.45) is 5.92 Å². The zero-order valence-electron chi connectivity index (χ0n) is 8.15. The lowest BCUT2D eigenvalue weighted by Gasteiger charge is -2.10. The van der Waals surface area contributed by atoms with Crippen molar-refractivity contribution < 1.29 is 17.8 Å². The fourth-order valence-corrected chi connectivity index (χ4v) is 1.27. The van der Waals surface area contributed by atoms with Crippen LogP contribution in [0.15, 0.2) is 0 Å². The fourth-order valence-electron chi connectivity index (χ4n) is 0.837. The molecule has 0 aromatic rings. The standard InChI is InChI=1S/C8H16O4S/c1-6(8(3)9)4-5-7(2)13(10,11)12/h6-7H,4-5H2,1-3H3,(H,10,11,12). The molecule has 1 N–H and O–H groups in total. The lowest BCUT2D eigenvalue weighted by molar-refractivity contribution is -0.120. The smallest absolute Gasteiger partial charge is 0.267 e. The van der Waals surface area contributed by atoms with Crippen LogP contribution < -0.4 is 0 Å². The predicted octanol–water partition coefficient (Wildman–Crippen LogP) is 1.27. The highest BCUT2D eigenvalue weighted by Gasteiger charge is 2.18. The lowest BCUT2D eigenvalue weighted by Crippen LogP contribution is -2.18. The van der Waals surface area contributed by atoms with Crippen molar-refractivity contribution in [2.75, 3.05) is 0 Å². The van der Waals surface area contributed by atoms with E-state index in [1.807, 2.05) is 0 Å². The Morgan fingerprint density at radius 1 is 1.31 bits per heavy atom. The van der Waals surface area contributed by atoms with E-state index < -0.39 is 15.4 Å². The molecule has 0 amide bonds. The summed E-state index contributed by atoms with van der Waals surface area (Å²) in [7, 11) is -3.94. The number of hydrogen-bond donors (Lipinski definition) is 1. The number of hydrogen-bond acceptors (Lipinski definition) is 3. The Bertz CT molecular complexity index is 268. The summed E-state index contributed by atoms with van der Waals surface area (Å²) in [5.41, 5.74) is 0. The Labute approximate surface area is 79.1 Å². The van der Waals surface area contributed by atoms with Gasteiger partial charge in [0.1, 0.15) is 5.78 Å². The first kappa shape index (κ1) is 12.6. The van der Waals surface area contributed by atoms with Gasteiger partial charge in [0.05, 0.1) is 5.25 Å². The lowest BCUT2D eigenvalue weighted by atomic mass is 10.0. The Morgan fingerprint density at radius 2 is 1.77 bits per heavy atom. The van der Waals surface area contributed by atoms with Crippen molar-refractivity contribution in [3.8, 4) is 0 Å². The number of ketones is 1. The largest absolute Gasteiger partial charge is 0.300 e. The van der Waals surface area contributed by atoms with Gasteiger partial charge in [-0.05, 0) is 26.7 Å². The summed E-state index contributed by atoms with van der Waals surface area (Å²) in [4.78, 5) is 10.8. The first-order valence-electron chi connectivity index (χ1n) is 4.22. The average Bonchev–Trinajstić information content (AvgIpc) is 1.97. The van der Waals surface area contributed by atoms with Crippen molar-refractivity contribution in [1.82, 2.24) is 0 Å². The monoisotopic (exact) mass is 208 g/mol. The molecule has 0 radical (unpaired) electrons. The third kappa shape index (κ3) is 5.00. The van der Waals surface area contributed by atoms with Gasteiger partial charge < -0.3 is 0 Å². The number of carbonyl (C=O) groups excluding carboxylic acids is 1. The van der Waals surface area contributed by atoms with Gasteiger partial charge in [0, 0.05) is 5.92 Å². The molecule has 0 saturated heterocycles. The maximum Gasteiger partial charge on any atom is 0.267 e. The third-order valence-electron chi connectivity index (χ3n) is 2.21. The summed E-state index contributed by atoms with van der Waals surface area (Å²) in [6, 6.07) is 0. The first-order chi connectivity index (χ1) is 5.75. The van der Waals surface area contributed by atoms with E-state index in [4.69, 9.17) is 4.55 Å². The third-order valence-corrected chi connectivity index (χ3v) is 3.46. The van der Waals surface area contributed by atoms with Crippen LogP contribution in [-0.4, -0.2) is 24.0 Å². The van der Waals surface area contributed by atoms with Crippen molar-refractivity contribution in [1.29, 1.82) is 0 Å². The molecular formula is C8H16O4S. The summed E-state index contributed by atoms with van der Waals surface area (Å²) in [5.74, 6) is -0.0910. The van der Waals surface area contributed by atoms with Crippen LogP contribution in [0.2, 0.25) is 0 Å². The van der Waals surface area contributed by atoms with E-state index in [0.717, 1.165) is 0 Å². The zero-order valence-corrected chi connectivity index (χ0v) is 8.97. The molecule has 4 nitrogen and oxygen atoms in total. The molecule has 78 valence electrons. The van der Waals surface area contributed by atoms with Crippen molar-refractivity contribution >= 4 is 15.9 Å². The molecule has 0 aliphatic rings. The molecule has 0 saturated carbocycles. The second-order valence-electron chi connectivity index (χ2n) is 3.41. The van der Waals surface area contributed by atoms with E-state index in [1.165, 1.54) is 13.8 Å². The van der Waals surface area contributed by atoms with Crippen LogP contribution in [0.4, 0.5) is 0 Å². The van der Waals surface area contributed by atoms with E-state index in [1.54, 1.807) is 6.92 Å². The Hall–Kier alpha value is -0.420. The van der Waals surface area contributed by atoms with Gasteiger partial charge in [-0.1, -0.05) is 6.92 Å². The number of carbonyl (C=O) groups is 1. The molecular weight excluding hydrogens is 192 g/mol. The van der Waals surface area contributed by atoms with Crippen LogP contribution >= 0.6 is 0 Å². The van der Waals surface area contributed by atoms with Gasteiger partial charge in [-0.15, -0.1) is 0 Å². The summed E-state index contributed by atoms with van der Waals surface area (Å²) >= 11 is 0. The molecule has 5 heteroatoms. The Morgan fingerprint density at radius 3 is 2.08 bits per heavy atom. The van der Waals surface area contributed by atoms with E-state index in [2.05, 4.69) is 0 Å². The highest BCUT2D eigenvalue weighted by molar-refractivity contribution is 7.86. The molecule has 0 aliphatic carbocycles. The van der Waals surface area contributed by atoms with Gasteiger partial charge in [-0.2, -0.15) is 8.42 Å². The molecule has 0 fully saturated rings. The minimum Gasteiger partial charge on any atom is -0.300 e. The second kappa shape index (κ2) is 4.72. The quantitative estimate of drug-likeness (QED) is 0.690. The summed E-state index contributed by atoms with van der Waals surface area (Å²) in [6.07, 6.45) is 0.815. The van der Waals surface area contributed by atoms with Crippen LogP contribution in [0.5, 0.6) is 0 Å². The maximum atomic E-state index is 10.8. The molecule has 0 aliphatic heterocycles. The van der Waals surface area contributed by atoms with Crippen LogP contribution in [0.1, 0.15) is 33.6 Å². The molecule has 2 unspecified atom stereocenters. The topological polar surface area (TPSA) is 71.4 Å².